The minimum Gasteiger partial charge on any atom is -0.271 e. The lowest BCUT2D eigenvalue weighted by atomic mass is 9.78. The summed E-state index contributed by atoms with van der Waals surface area (Å²) >= 11 is 3.61. The molecule has 1 aromatic heterocycles. The van der Waals surface area contributed by atoms with Crippen LogP contribution in [0.5, 0.6) is 0 Å². The molecule has 0 saturated heterocycles. The second-order valence-electron chi connectivity index (χ2n) is 5.45. The number of hydrogen-bond donors (Lipinski definition) is 0. The summed E-state index contributed by atoms with van der Waals surface area (Å²) in [5.74, 6) is 0. The molecular formula is C14H20BrN3. The van der Waals surface area contributed by atoms with Crippen molar-refractivity contribution in [1.82, 2.24) is 9.78 Å². The minimum atomic E-state index is -0.181. The maximum atomic E-state index is 9.62. The first kappa shape index (κ1) is 13.6. The van der Waals surface area contributed by atoms with Gasteiger partial charge in [0.25, 0.3) is 0 Å². The average Bonchev–Trinajstić information content (AvgIpc) is 2.58. The smallest absolute Gasteiger partial charge is 0.0738 e. The van der Waals surface area contributed by atoms with Crippen molar-refractivity contribution in [2.45, 2.75) is 51.9 Å². The van der Waals surface area contributed by atoms with E-state index in [-0.39, 0.29) is 5.41 Å². The van der Waals surface area contributed by atoms with Crippen molar-refractivity contribution in [3.63, 3.8) is 0 Å². The van der Waals surface area contributed by atoms with Gasteiger partial charge >= 0.3 is 0 Å². The van der Waals surface area contributed by atoms with Crippen molar-refractivity contribution < 1.29 is 0 Å². The lowest BCUT2D eigenvalue weighted by Crippen LogP contribution is -2.22. The molecule has 1 fully saturated rings. The largest absolute Gasteiger partial charge is 0.271 e. The molecule has 1 aliphatic carbocycles. The van der Waals surface area contributed by atoms with E-state index in [4.69, 9.17) is 0 Å². The van der Waals surface area contributed by atoms with Gasteiger partial charge in [0.05, 0.1) is 27.3 Å². The summed E-state index contributed by atoms with van der Waals surface area (Å²) in [4.78, 5) is 0. The van der Waals surface area contributed by atoms with Crippen molar-refractivity contribution in [3.05, 3.63) is 15.9 Å². The Kier molecular flexibility index (Phi) is 4.11. The van der Waals surface area contributed by atoms with Gasteiger partial charge < -0.3 is 0 Å². The topological polar surface area (TPSA) is 41.6 Å². The van der Waals surface area contributed by atoms with Gasteiger partial charge in [-0.15, -0.1) is 0 Å². The van der Waals surface area contributed by atoms with E-state index in [2.05, 4.69) is 27.1 Å². The zero-order valence-corrected chi connectivity index (χ0v) is 12.8. The number of aromatic nitrogens is 2. The van der Waals surface area contributed by atoms with E-state index >= 15 is 0 Å². The quantitative estimate of drug-likeness (QED) is 0.777. The molecule has 18 heavy (non-hydrogen) atoms. The van der Waals surface area contributed by atoms with E-state index in [0.29, 0.717) is 0 Å². The predicted octanol–water partition coefficient (Wildman–Crippen LogP) is 3.90. The maximum Gasteiger partial charge on any atom is 0.0738 e. The van der Waals surface area contributed by atoms with Crippen LogP contribution < -0.4 is 0 Å². The van der Waals surface area contributed by atoms with E-state index in [1.165, 1.54) is 25.7 Å². The van der Waals surface area contributed by atoms with Crippen LogP contribution in [0, 0.1) is 23.7 Å². The van der Waals surface area contributed by atoms with E-state index in [1.54, 1.807) is 0 Å². The highest BCUT2D eigenvalue weighted by molar-refractivity contribution is 9.10. The van der Waals surface area contributed by atoms with E-state index < -0.39 is 0 Å². The SMILES string of the molecule is Cc1nn(C)c(CC2(C#N)CCCCCC2)c1Br. The summed E-state index contributed by atoms with van der Waals surface area (Å²) in [5.41, 5.74) is 1.99. The van der Waals surface area contributed by atoms with Crippen LogP contribution in [-0.4, -0.2) is 9.78 Å². The van der Waals surface area contributed by atoms with Crippen LogP contribution >= 0.6 is 15.9 Å². The summed E-state index contributed by atoms with van der Waals surface area (Å²) in [6, 6.07) is 2.61. The van der Waals surface area contributed by atoms with Crippen molar-refractivity contribution in [2.75, 3.05) is 0 Å². The van der Waals surface area contributed by atoms with Gasteiger partial charge in [0.15, 0.2) is 0 Å². The zero-order valence-electron chi connectivity index (χ0n) is 11.2. The molecular weight excluding hydrogens is 290 g/mol. The standard InChI is InChI=1S/C14H20BrN3/c1-11-13(15)12(18(2)17-11)9-14(10-16)7-5-3-4-6-8-14/h3-9H2,1-2H3. The summed E-state index contributed by atoms with van der Waals surface area (Å²) in [5, 5.41) is 14.0. The molecule has 2 rings (SSSR count). The predicted molar refractivity (Wildman–Crippen MR) is 75.1 cm³/mol. The van der Waals surface area contributed by atoms with E-state index in [9.17, 15) is 5.26 Å². The van der Waals surface area contributed by atoms with Crippen LogP contribution in [0.15, 0.2) is 4.47 Å². The number of nitrogens with zero attached hydrogens (tertiary/aromatic N) is 3. The Labute approximate surface area is 117 Å². The fourth-order valence-electron chi connectivity index (χ4n) is 2.93. The van der Waals surface area contributed by atoms with Gasteiger partial charge in [0.1, 0.15) is 0 Å². The Morgan fingerprint density at radius 1 is 1.33 bits per heavy atom. The van der Waals surface area contributed by atoms with Gasteiger partial charge in [-0.3, -0.25) is 4.68 Å². The Bertz CT molecular complexity index is 462. The molecule has 0 N–H and O–H groups in total. The molecule has 1 heterocycles. The van der Waals surface area contributed by atoms with Crippen molar-refractivity contribution in [1.29, 1.82) is 5.26 Å². The lowest BCUT2D eigenvalue weighted by Gasteiger charge is -2.24. The molecule has 0 aliphatic heterocycles. The molecule has 0 amide bonds. The Morgan fingerprint density at radius 3 is 2.39 bits per heavy atom. The fourth-order valence-corrected chi connectivity index (χ4v) is 3.40. The Morgan fingerprint density at radius 2 is 1.94 bits per heavy atom. The molecule has 98 valence electrons. The van der Waals surface area contributed by atoms with Crippen LogP contribution in [0.3, 0.4) is 0 Å². The van der Waals surface area contributed by atoms with Gasteiger partial charge in [0, 0.05) is 13.5 Å². The van der Waals surface area contributed by atoms with Gasteiger partial charge in [-0.2, -0.15) is 10.4 Å². The molecule has 0 bridgehead atoms. The normalized spacial score (nSPS) is 19.2. The minimum absolute atomic E-state index is 0.181. The highest BCUT2D eigenvalue weighted by Gasteiger charge is 2.33. The lowest BCUT2D eigenvalue weighted by molar-refractivity contribution is 0.330. The molecule has 1 aliphatic rings. The van der Waals surface area contributed by atoms with E-state index in [1.807, 2.05) is 18.7 Å². The summed E-state index contributed by atoms with van der Waals surface area (Å²) in [6.07, 6.45) is 7.79. The second-order valence-corrected chi connectivity index (χ2v) is 6.25. The van der Waals surface area contributed by atoms with Crippen molar-refractivity contribution >= 4 is 15.9 Å². The van der Waals surface area contributed by atoms with Crippen molar-refractivity contribution in [3.8, 4) is 6.07 Å². The van der Waals surface area contributed by atoms with Crippen molar-refractivity contribution in [2.24, 2.45) is 12.5 Å². The molecule has 4 heteroatoms. The maximum absolute atomic E-state index is 9.62. The van der Waals surface area contributed by atoms with Crippen LogP contribution in [0.1, 0.15) is 49.9 Å². The number of rotatable bonds is 2. The van der Waals surface area contributed by atoms with Gasteiger partial charge in [0.2, 0.25) is 0 Å². The molecule has 1 aromatic rings. The molecule has 0 radical (unpaired) electrons. The fraction of sp³-hybridized carbons (Fsp3) is 0.714. The third-order valence-electron chi connectivity index (χ3n) is 4.07. The number of halogens is 1. The van der Waals surface area contributed by atoms with Crippen LogP contribution in [0.25, 0.3) is 0 Å². The molecule has 0 atom stereocenters. The molecule has 0 unspecified atom stereocenters. The summed E-state index contributed by atoms with van der Waals surface area (Å²) in [6.45, 7) is 2.00. The van der Waals surface area contributed by atoms with E-state index in [0.717, 1.165) is 35.1 Å². The second kappa shape index (κ2) is 5.44. The highest BCUT2D eigenvalue weighted by Crippen LogP contribution is 2.39. The first-order valence-corrected chi connectivity index (χ1v) is 7.46. The highest BCUT2D eigenvalue weighted by atomic mass is 79.9. The Hall–Kier alpha value is -0.820. The summed E-state index contributed by atoms with van der Waals surface area (Å²) in [7, 11) is 1.97. The van der Waals surface area contributed by atoms with Crippen LogP contribution in [-0.2, 0) is 13.5 Å². The number of hydrogen-bond acceptors (Lipinski definition) is 2. The summed E-state index contributed by atoms with van der Waals surface area (Å²) < 4.78 is 2.99. The van der Waals surface area contributed by atoms with Gasteiger partial charge in [-0.05, 0) is 35.7 Å². The Balaban J connectivity index is 2.27. The van der Waals surface area contributed by atoms with Gasteiger partial charge in [-0.1, -0.05) is 25.7 Å². The zero-order chi connectivity index (χ0) is 13.2. The molecule has 3 nitrogen and oxygen atoms in total. The first-order valence-electron chi connectivity index (χ1n) is 6.67. The third-order valence-corrected chi connectivity index (χ3v) is 5.10. The number of nitriles is 1. The molecule has 1 saturated carbocycles. The van der Waals surface area contributed by atoms with Crippen LogP contribution in [0.2, 0.25) is 0 Å². The molecule has 0 spiro atoms. The van der Waals surface area contributed by atoms with Crippen LogP contribution in [0.4, 0.5) is 0 Å². The number of aryl methyl sites for hydroxylation is 2. The van der Waals surface area contributed by atoms with Gasteiger partial charge in [-0.25, -0.2) is 0 Å². The third kappa shape index (κ3) is 2.61. The average molecular weight is 310 g/mol. The monoisotopic (exact) mass is 309 g/mol. The molecule has 0 aromatic carbocycles. The first-order chi connectivity index (χ1) is 8.58.